The number of hydrogen-bond acceptors (Lipinski definition) is 7. The van der Waals surface area contributed by atoms with E-state index >= 15 is 0 Å². The Morgan fingerprint density at radius 3 is 2.61 bits per heavy atom. The van der Waals surface area contributed by atoms with Crippen LogP contribution in [0.2, 0.25) is 0 Å². The Balaban J connectivity index is 1.54. The normalized spacial score (nSPS) is 16.1. The van der Waals surface area contributed by atoms with Gasteiger partial charge in [-0.1, -0.05) is 11.8 Å². The van der Waals surface area contributed by atoms with Crippen LogP contribution >= 0.6 is 11.8 Å². The van der Waals surface area contributed by atoms with E-state index in [4.69, 9.17) is 0 Å². The van der Waals surface area contributed by atoms with E-state index in [0.717, 1.165) is 12.1 Å². The third-order valence-electron chi connectivity index (χ3n) is 4.39. The summed E-state index contributed by atoms with van der Waals surface area (Å²) >= 11 is 1.40. The minimum Gasteiger partial charge on any atom is -0.341 e. The van der Waals surface area contributed by atoms with Gasteiger partial charge in [0.15, 0.2) is 0 Å². The fraction of sp³-hybridized carbons (Fsp3) is 0.500. The van der Waals surface area contributed by atoms with Gasteiger partial charge in [0.2, 0.25) is 21.1 Å². The third kappa shape index (κ3) is 4.86. The highest BCUT2D eigenvalue weighted by atomic mass is 32.2. The van der Waals surface area contributed by atoms with Crippen LogP contribution in [-0.2, 0) is 21.9 Å². The zero-order valence-corrected chi connectivity index (χ0v) is 17.0. The first kappa shape index (κ1) is 20.7. The molecule has 0 unspecified atom stereocenters. The topological polar surface area (TPSA) is 101 Å². The van der Waals surface area contributed by atoms with Gasteiger partial charge in [-0.3, -0.25) is 4.79 Å². The lowest BCUT2D eigenvalue weighted by Crippen LogP contribution is -2.37. The van der Waals surface area contributed by atoms with Crippen LogP contribution in [0.15, 0.2) is 34.3 Å². The molecule has 12 heteroatoms. The molecule has 0 saturated carbocycles. The van der Waals surface area contributed by atoms with Crippen molar-refractivity contribution in [3.05, 3.63) is 30.1 Å². The van der Waals surface area contributed by atoms with Gasteiger partial charge < -0.3 is 4.90 Å². The molecule has 0 aliphatic carbocycles. The van der Waals surface area contributed by atoms with Crippen molar-refractivity contribution in [1.82, 2.24) is 29.4 Å². The number of hydrogen-bond donors (Lipinski definition) is 0. The summed E-state index contributed by atoms with van der Waals surface area (Å²) in [6.45, 7) is 1.37. The number of carbonyl (C=O) groups is 1. The smallest absolute Gasteiger partial charge is 0.243 e. The highest BCUT2D eigenvalue weighted by Crippen LogP contribution is 2.19. The number of aryl methyl sites for hydroxylation is 1. The molecule has 1 aliphatic heterocycles. The summed E-state index contributed by atoms with van der Waals surface area (Å²) in [7, 11) is -1.97. The van der Waals surface area contributed by atoms with Crippen molar-refractivity contribution < 1.29 is 17.6 Å². The summed E-state index contributed by atoms with van der Waals surface area (Å²) in [6, 6.07) is 4.78. The summed E-state index contributed by atoms with van der Waals surface area (Å²) in [6.07, 6.45) is 0.870. The van der Waals surface area contributed by atoms with Crippen molar-refractivity contribution in [2.45, 2.75) is 22.9 Å². The summed E-state index contributed by atoms with van der Waals surface area (Å²) in [5.41, 5.74) is 0. The van der Waals surface area contributed by atoms with Crippen molar-refractivity contribution in [3.8, 4) is 0 Å². The van der Waals surface area contributed by atoms with Gasteiger partial charge in [0, 0.05) is 45.4 Å². The summed E-state index contributed by atoms with van der Waals surface area (Å²) < 4.78 is 41.4. The van der Waals surface area contributed by atoms with Gasteiger partial charge in [-0.25, -0.2) is 17.5 Å². The number of tetrazole rings is 1. The number of rotatable bonds is 6. The summed E-state index contributed by atoms with van der Waals surface area (Å²) in [5.74, 6) is 0.0337. The number of halogens is 1. The predicted octanol–water partition coefficient (Wildman–Crippen LogP) is 0.755. The van der Waals surface area contributed by atoms with E-state index in [2.05, 4.69) is 15.5 Å². The highest BCUT2D eigenvalue weighted by Gasteiger charge is 2.28. The molecule has 3 rings (SSSR count). The Morgan fingerprint density at radius 2 is 1.93 bits per heavy atom. The summed E-state index contributed by atoms with van der Waals surface area (Å²) in [4.78, 5) is 14.2. The number of aromatic nitrogens is 4. The Labute approximate surface area is 166 Å². The fourth-order valence-electron chi connectivity index (χ4n) is 2.87. The molecule has 2 heterocycles. The lowest BCUT2D eigenvalue weighted by Gasteiger charge is -2.22. The van der Waals surface area contributed by atoms with E-state index in [0.29, 0.717) is 43.4 Å². The Kier molecular flexibility index (Phi) is 6.62. The molecule has 1 saturated heterocycles. The van der Waals surface area contributed by atoms with Crippen molar-refractivity contribution >= 4 is 27.7 Å². The average molecular weight is 429 g/mol. The number of sulfonamides is 1. The first-order valence-corrected chi connectivity index (χ1v) is 11.2. The van der Waals surface area contributed by atoms with E-state index in [1.54, 1.807) is 16.6 Å². The lowest BCUT2D eigenvalue weighted by atomic mass is 10.3. The van der Waals surface area contributed by atoms with Crippen LogP contribution in [0.1, 0.15) is 12.8 Å². The maximum atomic E-state index is 13.1. The molecule has 0 bridgehead atoms. The molecule has 0 radical (unpaired) electrons. The second kappa shape index (κ2) is 8.97. The van der Waals surface area contributed by atoms with Crippen molar-refractivity contribution in [2.24, 2.45) is 7.05 Å². The monoisotopic (exact) mass is 428 g/mol. The standard InChI is InChI=1S/C16H21FN6O3S2/c1-21-16(18-19-20-21)27-12-7-15(24)22-8-2-9-23(11-10-22)28(25,26)14-5-3-13(17)4-6-14/h3-6H,2,7-12H2,1H3. The molecule has 2 aromatic rings. The Bertz CT molecular complexity index is 919. The molecule has 1 aromatic carbocycles. The first-order valence-electron chi connectivity index (χ1n) is 8.76. The van der Waals surface area contributed by atoms with Gasteiger partial charge in [-0.15, -0.1) is 5.10 Å². The van der Waals surface area contributed by atoms with Crippen molar-refractivity contribution in [2.75, 3.05) is 31.9 Å². The van der Waals surface area contributed by atoms with E-state index in [1.165, 1.54) is 28.2 Å². The molecule has 1 fully saturated rings. The molecule has 0 spiro atoms. The van der Waals surface area contributed by atoms with E-state index in [1.807, 2.05) is 0 Å². The van der Waals surface area contributed by atoms with Gasteiger partial charge in [0.05, 0.1) is 4.90 Å². The van der Waals surface area contributed by atoms with Gasteiger partial charge in [-0.05, 0) is 41.1 Å². The number of amides is 1. The molecule has 1 aromatic heterocycles. The van der Waals surface area contributed by atoms with Gasteiger partial charge in [0.1, 0.15) is 5.82 Å². The number of carbonyl (C=O) groups excluding carboxylic acids is 1. The predicted molar refractivity (Wildman–Crippen MR) is 100 cm³/mol. The van der Waals surface area contributed by atoms with E-state index in [-0.39, 0.29) is 17.3 Å². The molecule has 0 N–H and O–H groups in total. The fourth-order valence-corrected chi connectivity index (χ4v) is 5.12. The summed E-state index contributed by atoms with van der Waals surface area (Å²) in [5, 5.41) is 11.8. The first-order chi connectivity index (χ1) is 13.4. The van der Waals surface area contributed by atoms with Crippen LogP contribution in [0.25, 0.3) is 0 Å². The number of thioether (sulfide) groups is 1. The number of nitrogens with zero attached hydrogens (tertiary/aromatic N) is 6. The van der Waals surface area contributed by atoms with Crippen LogP contribution < -0.4 is 0 Å². The largest absolute Gasteiger partial charge is 0.341 e. The van der Waals surface area contributed by atoms with E-state index in [9.17, 15) is 17.6 Å². The lowest BCUT2D eigenvalue weighted by molar-refractivity contribution is -0.130. The molecule has 152 valence electrons. The Hall–Kier alpha value is -2.05. The van der Waals surface area contributed by atoms with Crippen LogP contribution in [-0.4, -0.2) is 75.7 Å². The molecule has 9 nitrogen and oxygen atoms in total. The second-order valence-corrected chi connectivity index (χ2v) is 9.28. The van der Waals surface area contributed by atoms with Crippen LogP contribution in [0.4, 0.5) is 4.39 Å². The van der Waals surface area contributed by atoms with Crippen LogP contribution in [0.3, 0.4) is 0 Å². The van der Waals surface area contributed by atoms with Crippen LogP contribution in [0.5, 0.6) is 0 Å². The molecule has 0 atom stereocenters. The quantitative estimate of drug-likeness (QED) is 0.626. The highest BCUT2D eigenvalue weighted by molar-refractivity contribution is 7.99. The third-order valence-corrected chi connectivity index (χ3v) is 7.31. The van der Waals surface area contributed by atoms with Gasteiger partial charge in [-0.2, -0.15) is 4.31 Å². The zero-order valence-electron chi connectivity index (χ0n) is 15.4. The zero-order chi connectivity index (χ0) is 20.1. The maximum absolute atomic E-state index is 13.1. The maximum Gasteiger partial charge on any atom is 0.243 e. The van der Waals surface area contributed by atoms with Crippen molar-refractivity contribution in [1.29, 1.82) is 0 Å². The molecular weight excluding hydrogens is 407 g/mol. The molecule has 1 amide bonds. The van der Waals surface area contributed by atoms with Crippen LogP contribution in [0, 0.1) is 5.82 Å². The number of benzene rings is 1. The minimum atomic E-state index is -3.70. The SMILES string of the molecule is Cn1nnnc1SCCC(=O)N1CCCN(S(=O)(=O)c2ccc(F)cc2)CC1. The Morgan fingerprint density at radius 1 is 1.18 bits per heavy atom. The van der Waals surface area contributed by atoms with Gasteiger partial charge in [0.25, 0.3) is 0 Å². The van der Waals surface area contributed by atoms with Crippen molar-refractivity contribution in [3.63, 3.8) is 0 Å². The average Bonchev–Trinajstić information content (AvgIpc) is 2.92. The van der Waals surface area contributed by atoms with Gasteiger partial charge >= 0.3 is 0 Å². The van der Waals surface area contributed by atoms with E-state index < -0.39 is 15.8 Å². The second-order valence-electron chi connectivity index (χ2n) is 6.28. The molecule has 28 heavy (non-hydrogen) atoms. The molecular formula is C16H21FN6O3S2. The molecule has 1 aliphatic rings. The minimum absolute atomic E-state index is 0.0244.